The van der Waals surface area contributed by atoms with E-state index >= 15 is 0 Å². The van der Waals surface area contributed by atoms with Crippen molar-refractivity contribution in [3.63, 3.8) is 0 Å². The number of hydrogen-bond donors (Lipinski definition) is 1. The summed E-state index contributed by atoms with van der Waals surface area (Å²) in [6.45, 7) is 4.20. The maximum absolute atomic E-state index is 13.1. The van der Waals surface area contributed by atoms with Crippen LogP contribution in [0, 0.1) is 5.41 Å². The molecule has 1 aromatic rings. The number of hydrogen-bond acceptors (Lipinski definition) is 2. The van der Waals surface area contributed by atoms with Crippen LogP contribution in [0.4, 0.5) is 0 Å². The predicted molar refractivity (Wildman–Crippen MR) is 95.1 cm³/mol. The maximum Gasteiger partial charge on any atom is 0.230 e. The van der Waals surface area contributed by atoms with Crippen molar-refractivity contribution in [3.05, 3.63) is 35.4 Å². The number of aryl methyl sites for hydroxylation is 1. The van der Waals surface area contributed by atoms with Gasteiger partial charge in [0.1, 0.15) is 0 Å². The summed E-state index contributed by atoms with van der Waals surface area (Å²) >= 11 is 0. The summed E-state index contributed by atoms with van der Waals surface area (Å²) in [7, 11) is 0. The van der Waals surface area contributed by atoms with Gasteiger partial charge in [-0.05, 0) is 68.2 Å². The van der Waals surface area contributed by atoms with Crippen molar-refractivity contribution < 1.29 is 4.79 Å². The number of likely N-dealkylation sites (tertiary alicyclic amines) is 1. The van der Waals surface area contributed by atoms with E-state index in [4.69, 9.17) is 0 Å². The molecule has 2 saturated heterocycles. The van der Waals surface area contributed by atoms with Gasteiger partial charge in [0.2, 0.25) is 5.91 Å². The number of rotatable bonds is 1. The van der Waals surface area contributed by atoms with Crippen LogP contribution in [-0.4, -0.2) is 37.0 Å². The van der Waals surface area contributed by atoms with E-state index in [9.17, 15) is 4.79 Å². The van der Waals surface area contributed by atoms with E-state index in [1.54, 1.807) is 0 Å². The maximum atomic E-state index is 13.1. The first-order valence-electron chi connectivity index (χ1n) is 8.85. The summed E-state index contributed by atoms with van der Waals surface area (Å²) in [4.78, 5) is 15.3. The van der Waals surface area contributed by atoms with Crippen LogP contribution >= 0.6 is 12.4 Å². The fraction of sp³-hybridized carbons (Fsp3) is 0.632. The minimum atomic E-state index is 0. The standard InChI is InChI=1S/C19H26N2O.ClH/c22-18(17-7-3-5-15-4-1-2-6-16(15)17)21-13-10-19(14-21)8-11-20-12-9-19;/h1-2,4,6,17,20H,3,5,7-14H2;1H. The van der Waals surface area contributed by atoms with E-state index < -0.39 is 0 Å². The van der Waals surface area contributed by atoms with Crippen LogP contribution in [0.5, 0.6) is 0 Å². The first-order chi connectivity index (χ1) is 10.8. The van der Waals surface area contributed by atoms with Crippen LogP contribution in [-0.2, 0) is 11.2 Å². The molecule has 126 valence electrons. The number of halogens is 1. The highest BCUT2D eigenvalue weighted by atomic mass is 35.5. The molecule has 2 fully saturated rings. The Morgan fingerprint density at radius 2 is 1.96 bits per heavy atom. The molecular formula is C19H27ClN2O. The van der Waals surface area contributed by atoms with Gasteiger partial charge in [0.15, 0.2) is 0 Å². The summed E-state index contributed by atoms with van der Waals surface area (Å²) in [6.07, 6.45) is 6.98. The molecule has 2 heterocycles. The van der Waals surface area contributed by atoms with Crippen molar-refractivity contribution in [1.82, 2.24) is 10.2 Å². The Labute approximate surface area is 145 Å². The second kappa shape index (κ2) is 6.82. The lowest BCUT2D eigenvalue weighted by atomic mass is 9.78. The summed E-state index contributed by atoms with van der Waals surface area (Å²) in [5.41, 5.74) is 3.10. The molecule has 1 N–H and O–H groups in total. The van der Waals surface area contributed by atoms with Crippen molar-refractivity contribution in [2.24, 2.45) is 5.41 Å². The van der Waals surface area contributed by atoms with E-state index in [2.05, 4.69) is 34.5 Å². The van der Waals surface area contributed by atoms with Crippen molar-refractivity contribution in [2.75, 3.05) is 26.2 Å². The molecule has 1 amide bonds. The monoisotopic (exact) mass is 334 g/mol. The smallest absolute Gasteiger partial charge is 0.230 e. The second-order valence-electron chi connectivity index (χ2n) is 7.40. The fourth-order valence-corrected chi connectivity index (χ4v) is 4.72. The summed E-state index contributed by atoms with van der Waals surface area (Å²) in [5, 5.41) is 3.45. The van der Waals surface area contributed by atoms with Gasteiger partial charge in [0.05, 0.1) is 5.92 Å². The zero-order valence-corrected chi connectivity index (χ0v) is 14.5. The topological polar surface area (TPSA) is 32.3 Å². The number of piperidine rings is 1. The second-order valence-corrected chi connectivity index (χ2v) is 7.40. The average molecular weight is 335 g/mol. The molecule has 0 radical (unpaired) electrons. The van der Waals surface area contributed by atoms with E-state index in [0.717, 1.165) is 45.4 Å². The number of amides is 1. The van der Waals surface area contributed by atoms with Gasteiger partial charge < -0.3 is 10.2 Å². The summed E-state index contributed by atoms with van der Waals surface area (Å²) < 4.78 is 0. The van der Waals surface area contributed by atoms with Crippen molar-refractivity contribution in [1.29, 1.82) is 0 Å². The molecule has 4 rings (SSSR count). The highest BCUT2D eigenvalue weighted by molar-refractivity contribution is 5.85. The molecule has 2 aliphatic heterocycles. The first-order valence-corrected chi connectivity index (χ1v) is 8.85. The van der Waals surface area contributed by atoms with Gasteiger partial charge in [-0.25, -0.2) is 0 Å². The number of carbonyl (C=O) groups excluding carboxylic acids is 1. The molecule has 23 heavy (non-hydrogen) atoms. The quantitative estimate of drug-likeness (QED) is 0.855. The molecule has 0 aromatic heterocycles. The van der Waals surface area contributed by atoms with E-state index in [0.29, 0.717) is 11.3 Å². The Balaban J connectivity index is 0.00000156. The van der Waals surface area contributed by atoms with Crippen molar-refractivity contribution >= 4 is 18.3 Å². The first kappa shape index (κ1) is 16.8. The number of nitrogens with one attached hydrogen (secondary N) is 1. The predicted octanol–water partition coefficient (Wildman–Crippen LogP) is 3.13. The summed E-state index contributed by atoms with van der Waals surface area (Å²) in [5.74, 6) is 0.504. The lowest BCUT2D eigenvalue weighted by Gasteiger charge is -2.34. The Hall–Kier alpha value is -1.06. The average Bonchev–Trinajstić information content (AvgIpc) is 2.98. The lowest BCUT2D eigenvalue weighted by Crippen LogP contribution is -2.41. The molecule has 3 nitrogen and oxygen atoms in total. The number of nitrogens with zero attached hydrogens (tertiary/aromatic N) is 1. The highest BCUT2D eigenvalue weighted by Gasteiger charge is 2.42. The molecule has 0 bridgehead atoms. The van der Waals surface area contributed by atoms with Gasteiger partial charge in [-0.3, -0.25) is 4.79 Å². The SMILES string of the molecule is Cl.O=C(C1CCCc2ccccc21)N1CCC2(CCNCC2)C1. The molecule has 1 aromatic carbocycles. The third kappa shape index (κ3) is 3.14. The van der Waals surface area contributed by atoms with E-state index in [1.807, 2.05) is 0 Å². The minimum Gasteiger partial charge on any atom is -0.342 e. The van der Waals surface area contributed by atoms with Gasteiger partial charge >= 0.3 is 0 Å². The van der Waals surface area contributed by atoms with E-state index in [-0.39, 0.29) is 18.3 Å². The van der Waals surface area contributed by atoms with Gasteiger partial charge in [-0.1, -0.05) is 24.3 Å². The number of benzene rings is 1. The van der Waals surface area contributed by atoms with Gasteiger partial charge in [-0.2, -0.15) is 0 Å². The lowest BCUT2D eigenvalue weighted by molar-refractivity contribution is -0.132. The van der Waals surface area contributed by atoms with Crippen LogP contribution in [0.3, 0.4) is 0 Å². The van der Waals surface area contributed by atoms with Crippen molar-refractivity contribution in [3.8, 4) is 0 Å². The fourth-order valence-electron chi connectivity index (χ4n) is 4.72. The molecule has 3 aliphatic rings. The molecule has 4 heteroatoms. The molecule has 1 aliphatic carbocycles. The highest BCUT2D eigenvalue weighted by Crippen LogP contribution is 2.41. The van der Waals surface area contributed by atoms with Crippen LogP contribution in [0.25, 0.3) is 0 Å². The van der Waals surface area contributed by atoms with Crippen LogP contribution < -0.4 is 5.32 Å². The van der Waals surface area contributed by atoms with E-state index in [1.165, 1.54) is 30.4 Å². The number of fused-ring (bicyclic) bond motifs is 1. The Morgan fingerprint density at radius 1 is 1.17 bits per heavy atom. The third-order valence-electron chi connectivity index (χ3n) is 6.08. The summed E-state index contributed by atoms with van der Waals surface area (Å²) in [6, 6.07) is 8.56. The van der Waals surface area contributed by atoms with Crippen LogP contribution in [0.2, 0.25) is 0 Å². The molecule has 1 atom stereocenters. The molecule has 1 unspecified atom stereocenters. The normalized spacial score (nSPS) is 25.7. The van der Waals surface area contributed by atoms with Gasteiger partial charge in [0.25, 0.3) is 0 Å². The van der Waals surface area contributed by atoms with Gasteiger partial charge in [-0.15, -0.1) is 12.4 Å². The minimum absolute atomic E-state index is 0. The zero-order valence-electron chi connectivity index (χ0n) is 13.7. The van der Waals surface area contributed by atoms with Gasteiger partial charge in [0, 0.05) is 13.1 Å². The largest absolute Gasteiger partial charge is 0.342 e. The van der Waals surface area contributed by atoms with Crippen LogP contribution in [0.1, 0.15) is 49.1 Å². The number of carbonyl (C=O) groups is 1. The zero-order chi connectivity index (χ0) is 15.0. The molecular weight excluding hydrogens is 308 g/mol. The molecule has 0 saturated carbocycles. The Bertz CT molecular complexity index is 568. The van der Waals surface area contributed by atoms with Crippen LogP contribution in [0.15, 0.2) is 24.3 Å². The molecule has 1 spiro atoms. The third-order valence-corrected chi connectivity index (χ3v) is 6.08. The van der Waals surface area contributed by atoms with Crippen molar-refractivity contribution in [2.45, 2.75) is 44.4 Å². The Morgan fingerprint density at radius 3 is 2.78 bits per heavy atom. The Kier molecular flexibility index (Phi) is 4.98.